The Kier molecular flexibility index (Phi) is 32.5. The van der Waals surface area contributed by atoms with E-state index < -0.39 is 0 Å². The summed E-state index contributed by atoms with van der Waals surface area (Å²) >= 11 is 0. The minimum absolute atomic E-state index is 0.00581. The summed E-state index contributed by atoms with van der Waals surface area (Å²) in [4.78, 5) is 15.0. The fourth-order valence-electron chi connectivity index (χ4n) is 6.58. The van der Waals surface area contributed by atoms with Gasteiger partial charge in [-0.1, -0.05) is 140 Å². The Balaban J connectivity index is 2.16. The Morgan fingerprint density at radius 3 is 1.42 bits per heavy atom. The van der Waals surface area contributed by atoms with Gasteiger partial charge in [0.2, 0.25) is 0 Å². The lowest BCUT2D eigenvalue weighted by Gasteiger charge is -2.38. The first kappa shape index (κ1) is 44.4. The molecule has 0 aromatic rings. The van der Waals surface area contributed by atoms with Crippen molar-refractivity contribution in [3.8, 4) is 0 Å². The summed E-state index contributed by atoms with van der Waals surface area (Å²) in [6, 6.07) is 0. The van der Waals surface area contributed by atoms with E-state index in [0.717, 1.165) is 58.2 Å². The number of carbonyl (C=O) groups excluding carboxylic acids is 1. The van der Waals surface area contributed by atoms with E-state index in [4.69, 9.17) is 9.84 Å². The lowest BCUT2D eigenvalue weighted by atomic mass is 9.96. The number of hydrogen-bond acceptors (Lipinski definition) is 4. The van der Waals surface area contributed by atoms with Crippen LogP contribution in [-0.4, -0.2) is 48.3 Å². The average molecular weight is 670 g/mol. The van der Waals surface area contributed by atoms with Gasteiger partial charge in [-0.15, -0.1) is 0 Å². The number of hydrogen-bond donors (Lipinski definition) is 1. The van der Waals surface area contributed by atoms with Crippen molar-refractivity contribution in [1.29, 1.82) is 0 Å². The summed E-state index contributed by atoms with van der Waals surface area (Å²) in [5.41, 5.74) is 0. The van der Waals surface area contributed by atoms with E-state index in [1.54, 1.807) is 0 Å². The molecule has 0 unspecified atom stereocenters. The van der Waals surface area contributed by atoms with Crippen molar-refractivity contribution in [2.24, 2.45) is 5.92 Å². The zero-order valence-electron chi connectivity index (χ0n) is 31.9. The molecule has 4 heteroatoms. The van der Waals surface area contributed by atoms with Gasteiger partial charge in [-0.2, -0.15) is 0 Å². The first-order chi connectivity index (χ1) is 23.7. The van der Waals surface area contributed by atoms with Gasteiger partial charge in [0.05, 0.1) is 13.0 Å². The van der Waals surface area contributed by atoms with E-state index in [0.29, 0.717) is 12.3 Å². The third-order valence-corrected chi connectivity index (χ3v) is 9.66. The summed E-state index contributed by atoms with van der Waals surface area (Å²) in [6.07, 6.45) is 51.5. The van der Waals surface area contributed by atoms with Gasteiger partial charge in [0, 0.05) is 19.6 Å². The second kappa shape index (κ2) is 35.2. The molecule has 1 heterocycles. The monoisotopic (exact) mass is 670 g/mol. The van der Waals surface area contributed by atoms with Crippen LogP contribution in [0.4, 0.5) is 0 Å². The van der Waals surface area contributed by atoms with Crippen LogP contribution in [0.1, 0.15) is 187 Å². The number of nitrogens with zero attached hydrogens (tertiary/aromatic N) is 1. The Labute approximate surface area is 298 Å². The van der Waals surface area contributed by atoms with Gasteiger partial charge in [0.1, 0.15) is 6.10 Å². The predicted molar refractivity (Wildman–Crippen MR) is 209 cm³/mol. The van der Waals surface area contributed by atoms with Crippen LogP contribution >= 0.6 is 0 Å². The lowest BCUT2D eigenvalue weighted by Crippen LogP contribution is -2.48. The molecule has 0 amide bonds. The SMILES string of the molecule is CCCCC/C=C\C/C=C\CCCCCCCCC(CCCCCCCC/C=C\C/C=C\CCCCC)OC(=O)CC1CN(CCO)C1. The fourth-order valence-corrected chi connectivity index (χ4v) is 6.58. The molecule has 0 aromatic heterocycles. The van der Waals surface area contributed by atoms with Gasteiger partial charge < -0.3 is 14.7 Å². The first-order valence-electron chi connectivity index (χ1n) is 20.8. The first-order valence-corrected chi connectivity index (χ1v) is 20.8. The molecular formula is C44H79NO3. The molecule has 278 valence electrons. The minimum atomic E-state index is -0.00581. The van der Waals surface area contributed by atoms with Crippen molar-refractivity contribution in [1.82, 2.24) is 4.90 Å². The second-order valence-electron chi connectivity index (χ2n) is 14.4. The molecule has 1 aliphatic heterocycles. The van der Waals surface area contributed by atoms with Crippen molar-refractivity contribution in [2.45, 2.75) is 193 Å². The van der Waals surface area contributed by atoms with Gasteiger partial charge in [-0.05, 0) is 95.8 Å². The average Bonchev–Trinajstić information content (AvgIpc) is 3.06. The van der Waals surface area contributed by atoms with Crippen molar-refractivity contribution < 1.29 is 14.6 Å². The molecule has 1 fully saturated rings. The number of ether oxygens (including phenoxy) is 1. The van der Waals surface area contributed by atoms with Crippen LogP contribution in [0.25, 0.3) is 0 Å². The molecule has 4 nitrogen and oxygen atoms in total. The third kappa shape index (κ3) is 29.3. The zero-order valence-corrected chi connectivity index (χ0v) is 31.9. The quantitative estimate of drug-likeness (QED) is 0.0414. The Morgan fingerprint density at radius 1 is 0.604 bits per heavy atom. The number of allylic oxidation sites excluding steroid dienone is 8. The predicted octanol–water partition coefficient (Wildman–Crippen LogP) is 12.6. The number of aliphatic hydroxyl groups excluding tert-OH is 1. The number of esters is 1. The molecule has 1 aliphatic rings. The number of β-amino-alcohol motifs (C(OH)–C–C–N with tert-alkyl or cyclic N) is 1. The van der Waals surface area contributed by atoms with Crippen molar-refractivity contribution in [3.05, 3.63) is 48.6 Å². The van der Waals surface area contributed by atoms with Crippen LogP contribution < -0.4 is 0 Å². The largest absolute Gasteiger partial charge is 0.462 e. The molecule has 0 bridgehead atoms. The third-order valence-electron chi connectivity index (χ3n) is 9.66. The standard InChI is InChI=1S/C44H79NO3/c1-3-5-7-9-11-13-15-17-19-21-23-25-27-29-31-33-35-43(48-44(47)39-42-40-45(41-42)37-38-46)36-34-32-30-28-26-24-22-20-18-16-14-12-10-8-6-4-2/h11-14,17-20,42-43,46H,3-10,15-16,21-41H2,1-2H3/b13-11-,14-12-,19-17-,20-18-. The molecule has 48 heavy (non-hydrogen) atoms. The summed E-state index contributed by atoms with van der Waals surface area (Å²) in [7, 11) is 0. The highest BCUT2D eigenvalue weighted by Crippen LogP contribution is 2.22. The van der Waals surface area contributed by atoms with E-state index in [2.05, 4.69) is 67.4 Å². The molecule has 0 aromatic carbocycles. The number of carbonyl (C=O) groups is 1. The van der Waals surface area contributed by atoms with Gasteiger partial charge in [0.25, 0.3) is 0 Å². The molecule has 1 saturated heterocycles. The van der Waals surface area contributed by atoms with Crippen molar-refractivity contribution in [3.63, 3.8) is 0 Å². The van der Waals surface area contributed by atoms with Crippen molar-refractivity contribution in [2.75, 3.05) is 26.2 Å². The van der Waals surface area contributed by atoms with E-state index in [1.807, 2.05) is 0 Å². The van der Waals surface area contributed by atoms with E-state index >= 15 is 0 Å². The van der Waals surface area contributed by atoms with Crippen molar-refractivity contribution >= 4 is 5.97 Å². The van der Waals surface area contributed by atoms with Crippen LogP contribution in [0, 0.1) is 5.92 Å². The maximum atomic E-state index is 12.8. The highest BCUT2D eigenvalue weighted by Gasteiger charge is 2.29. The van der Waals surface area contributed by atoms with E-state index in [1.165, 1.54) is 128 Å². The highest BCUT2D eigenvalue weighted by atomic mass is 16.5. The van der Waals surface area contributed by atoms with Crippen LogP contribution in [0.3, 0.4) is 0 Å². The molecule has 0 saturated carbocycles. The highest BCUT2D eigenvalue weighted by molar-refractivity contribution is 5.70. The number of unbranched alkanes of at least 4 members (excludes halogenated alkanes) is 18. The lowest BCUT2D eigenvalue weighted by molar-refractivity contribution is -0.152. The second-order valence-corrected chi connectivity index (χ2v) is 14.4. The van der Waals surface area contributed by atoms with E-state index in [-0.39, 0.29) is 18.7 Å². The van der Waals surface area contributed by atoms with Gasteiger partial charge in [-0.25, -0.2) is 0 Å². The van der Waals surface area contributed by atoms with Gasteiger partial charge in [0.15, 0.2) is 0 Å². The number of likely N-dealkylation sites (tertiary alicyclic amines) is 1. The molecular weight excluding hydrogens is 590 g/mol. The summed E-state index contributed by atoms with van der Waals surface area (Å²) in [5.74, 6) is 0.391. The van der Waals surface area contributed by atoms with E-state index in [9.17, 15) is 4.79 Å². The molecule has 1 N–H and O–H groups in total. The fraction of sp³-hybridized carbons (Fsp3) is 0.795. The van der Waals surface area contributed by atoms with Crippen LogP contribution in [0.15, 0.2) is 48.6 Å². The maximum Gasteiger partial charge on any atom is 0.306 e. The van der Waals surface area contributed by atoms with Crippen LogP contribution in [0.5, 0.6) is 0 Å². The van der Waals surface area contributed by atoms with Crippen LogP contribution in [-0.2, 0) is 9.53 Å². The molecule has 0 aliphatic carbocycles. The molecule has 1 rings (SSSR count). The number of rotatable bonds is 35. The maximum absolute atomic E-state index is 12.8. The summed E-state index contributed by atoms with van der Waals surface area (Å²) < 4.78 is 6.07. The molecule has 0 radical (unpaired) electrons. The molecule has 0 atom stereocenters. The summed E-state index contributed by atoms with van der Waals surface area (Å²) in [5, 5.41) is 9.12. The van der Waals surface area contributed by atoms with Gasteiger partial charge in [-0.3, -0.25) is 4.79 Å². The van der Waals surface area contributed by atoms with Gasteiger partial charge >= 0.3 is 5.97 Å². The number of aliphatic hydroxyl groups is 1. The Morgan fingerprint density at radius 2 is 1.00 bits per heavy atom. The summed E-state index contributed by atoms with van der Waals surface area (Å²) in [6.45, 7) is 7.26. The minimum Gasteiger partial charge on any atom is -0.462 e. The topological polar surface area (TPSA) is 49.8 Å². The Bertz CT molecular complexity index is 762. The normalized spacial score (nSPS) is 14.5. The smallest absolute Gasteiger partial charge is 0.306 e. The molecule has 0 spiro atoms. The zero-order chi connectivity index (χ0) is 34.6. The Hall–Kier alpha value is -1.65. The van der Waals surface area contributed by atoms with Crippen LogP contribution in [0.2, 0.25) is 0 Å².